The predicted molar refractivity (Wildman–Crippen MR) is 134 cm³/mol. The average Bonchev–Trinajstić information content (AvgIpc) is 2.96. The first-order valence-corrected chi connectivity index (χ1v) is 11.6. The van der Waals surface area contributed by atoms with Gasteiger partial charge in [-0.3, -0.25) is 9.48 Å². The fourth-order valence-electron chi connectivity index (χ4n) is 3.84. The van der Waals surface area contributed by atoms with Crippen LogP contribution in [0, 0.1) is 6.92 Å². The summed E-state index contributed by atoms with van der Waals surface area (Å²) in [7, 11) is 1.93. The molecule has 0 aliphatic heterocycles. The Morgan fingerprint density at radius 1 is 0.806 bits per heavy atom. The van der Waals surface area contributed by atoms with Gasteiger partial charge in [0.2, 0.25) is 0 Å². The third kappa shape index (κ3) is 4.70. The number of para-hydroxylation sites is 1. The fourth-order valence-corrected chi connectivity index (χ4v) is 4.74. The van der Waals surface area contributed by atoms with Gasteiger partial charge in [-0.05, 0) is 54.4 Å². The van der Waals surface area contributed by atoms with Crippen molar-refractivity contribution in [2.75, 3.05) is 4.90 Å². The van der Waals surface area contributed by atoms with Gasteiger partial charge in [-0.1, -0.05) is 74.3 Å². The minimum absolute atomic E-state index is 0.0174. The van der Waals surface area contributed by atoms with Crippen molar-refractivity contribution < 1.29 is 0 Å². The Balaban J connectivity index is 1.82. The van der Waals surface area contributed by atoms with Gasteiger partial charge in [0.05, 0.1) is 11.4 Å². The molecule has 6 heteroatoms. The van der Waals surface area contributed by atoms with Gasteiger partial charge in [0.15, 0.2) is 0 Å². The number of hydrogen-bond acceptors (Lipinski definition) is 2. The van der Waals surface area contributed by atoms with E-state index >= 15 is 0 Å². The van der Waals surface area contributed by atoms with Gasteiger partial charge in [-0.15, -0.1) is 0 Å². The van der Waals surface area contributed by atoms with Crippen LogP contribution in [0.5, 0.6) is 0 Å². The minimum Gasteiger partial charge on any atom is -0.357 e. The van der Waals surface area contributed by atoms with Gasteiger partial charge in [0.1, 0.15) is 5.69 Å². The zero-order valence-electron chi connectivity index (χ0n) is 17.4. The first-order valence-electron chi connectivity index (χ1n) is 10.0. The molecule has 1 aromatic heterocycles. The van der Waals surface area contributed by atoms with E-state index in [1.165, 1.54) is 0 Å². The molecule has 4 aromatic rings. The van der Waals surface area contributed by atoms with Crippen LogP contribution in [-0.2, 0) is 20.1 Å². The second-order valence-electron chi connectivity index (χ2n) is 7.53. The van der Waals surface area contributed by atoms with E-state index in [2.05, 4.69) is 61.0 Å². The number of anilines is 1. The highest BCUT2D eigenvalue weighted by atomic mass is 79.9. The van der Waals surface area contributed by atoms with Crippen LogP contribution < -0.4 is 10.5 Å². The van der Waals surface area contributed by atoms with Gasteiger partial charge in [0.25, 0.3) is 5.56 Å². The lowest BCUT2D eigenvalue weighted by molar-refractivity contribution is 0.630. The molecule has 0 amide bonds. The van der Waals surface area contributed by atoms with Crippen LogP contribution in [0.2, 0.25) is 0 Å². The average molecular weight is 541 g/mol. The molecule has 31 heavy (non-hydrogen) atoms. The summed E-state index contributed by atoms with van der Waals surface area (Å²) in [6.45, 7) is 3.26. The Bertz CT molecular complexity index is 1210. The maximum atomic E-state index is 13.6. The highest BCUT2D eigenvalue weighted by Gasteiger charge is 2.22. The number of hydrogen-bond donors (Lipinski definition) is 0. The number of aromatic nitrogens is 2. The van der Waals surface area contributed by atoms with E-state index in [0.717, 1.165) is 31.5 Å². The van der Waals surface area contributed by atoms with Crippen LogP contribution in [0.1, 0.15) is 16.8 Å². The van der Waals surface area contributed by atoms with Crippen LogP contribution >= 0.6 is 31.9 Å². The molecule has 0 saturated heterocycles. The predicted octanol–water partition coefficient (Wildman–Crippen LogP) is 6.22. The van der Waals surface area contributed by atoms with Crippen molar-refractivity contribution in [1.82, 2.24) is 9.36 Å². The molecule has 4 nitrogen and oxygen atoms in total. The van der Waals surface area contributed by atoms with Gasteiger partial charge >= 0.3 is 0 Å². The van der Waals surface area contributed by atoms with Crippen molar-refractivity contribution in [2.24, 2.45) is 7.05 Å². The van der Waals surface area contributed by atoms with E-state index in [0.29, 0.717) is 18.8 Å². The van der Waals surface area contributed by atoms with E-state index in [-0.39, 0.29) is 5.56 Å². The van der Waals surface area contributed by atoms with E-state index in [9.17, 15) is 4.79 Å². The molecule has 0 bridgehead atoms. The second kappa shape index (κ2) is 9.28. The first-order chi connectivity index (χ1) is 14.9. The number of halogens is 2. The van der Waals surface area contributed by atoms with E-state index in [1.54, 1.807) is 4.68 Å². The number of rotatable bonds is 6. The Hall–Kier alpha value is -2.57. The largest absolute Gasteiger partial charge is 0.357 e. The summed E-state index contributed by atoms with van der Waals surface area (Å²) in [6, 6.07) is 26.2. The SMILES string of the molecule is Cc1c(N(Cc2cccc(Br)c2)Cc2cccc(Br)c2)c(=O)n(-c2ccccc2)n1C. The maximum absolute atomic E-state index is 13.6. The summed E-state index contributed by atoms with van der Waals surface area (Å²) in [6.07, 6.45) is 0. The molecule has 0 aliphatic rings. The van der Waals surface area contributed by atoms with Gasteiger partial charge in [-0.25, -0.2) is 4.68 Å². The van der Waals surface area contributed by atoms with Crippen LogP contribution in [0.3, 0.4) is 0 Å². The third-order valence-corrected chi connectivity index (χ3v) is 6.35. The molecule has 0 aliphatic carbocycles. The zero-order chi connectivity index (χ0) is 22.0. The highest BCUT2D eigenvalue weighted by molar-refractivity contribution is 9.10. The summed E-state index contributed by atoms with van der Waals surface area (Å²) in [4.78, 5) is 15.8. The Morgan fingerprint density at radius 3 is 1.87 bits per heavy atom. The number of nitrogens with zero attached hydrogens (tertiary/aromatic N) is 3. The van der Waals surface area contributed by atoms with Crippen LogP contribution in [0.25, 0.3) is 5.69 Å². The molecule has 4 rings (SSSR count). The normalized spacial score (nSPS) is 11.0. The lowest BCUT2D eigenvalue weighted by Gasteiger charge is -2.24. The molecule has 3 aromatic carbocycles. The van der Waals surface area contributed by atoms with E-state index in [4.69, 9.17) is 0 Å². The van der Waals surface area contributed by atoms with E-state index in [1.807, 2.05) is 73.3 Å². The van der Waals surface area contributed by atoms with Gasteiger partial charge in [-0.2, -0.15) is 0 Å². The summed E-state index contributed by atoms with van der Waals surface area (Å²) in [5.41, 5.74) is 4.76. The fraction of sp³-hybridized carbons (Fsp3) is 0.160. The quantitative estimate of drug-likeness (QED) is 0.291. The first kappa shape index (κ1) is 21.7. The highest BCUT2D eigenvalue weighted by Crippen LogP contribution is 2.24. The second-order valence-corrected chi connectivity index (χ2v) is 9.36. The third-order valence-electron chi connectivity index (χ3n) is 5.36. The number of benzene rings is 3. The van der Waals surface area contributed by atoms with E-state index < -0.39 is 0 Å². The monoisotopic (exact) mass is 539 g/mol. The molecule has 1 heterocycles. The molecular formula is C25H23Br2N3O. The smallest absolute Gasteiger partial charge is 0.295 e. The molecule has 0 radical (unpaired) electrons. The standard InChI is InChI=1S/C25H23Br2N3O/c1-18-24(25(31)30(28(18)2)23-12-4-3-5-13-23)29(16-19-8-6-10-21(26)14-19)17-20-9-7-11-22(27)15-20/h3-15H,16-17H2,1-2H3. The van der Waals surface area contributed by atoms with Crippen LogP contribution in [0.15, 0.2) is 92.6 Å². The molecule has 0 N–H and O–H groups in total. The maximum Gasteiger partial charge on any atom is 0.295 e. The molecule has 0 atom stereocenters. The summed E-state index contributed by atoms with van der Waals surface area (Å²) in [5, 5.41) is 0. The van der Waals surface area contributed by atoms with Crippen molar-refractivity contribution in [3.05, 3.63) is 115 Å². The van der Waals surface area contributed by atoms with Crippen molar-refractivity contribution in [3.63, 3.8) is 0 Å². The molecule has 0 saturated carbocycles. The molecule has 0 spiro atoms. The Kier molecular flexibility index (Phi) is 6.49. The van der Waals surface area contributed by atoms with Gasteiger partial charge in [0, 0.05) is 29.1 Å². The minimum atomic E-state index is -0.0174. The summed E-state index contributed by atoms with van der Waals surface area (Å²) < 4.78 is 5.72. The zero-order valence-corrected chi connectivity index (χ0v) is 20.6. The lowest BCUT2D eigenvalue weighted by Crippen LogP contribution is -2.29. The summed E-state index contributed by atoms with van der Waals surface area (Å²) in [5.74, 6) is 0. The van der Waals surface area contributed by atoms with Crippen LogP contribution in [-0.4, -0.2) is 9.36 Å². The Labute approximate surface area is 199 Å². The molecule has 0 fully saturated rings. The Morgan fingerprint density at radius 2 is 1.35 bits per heavy atom. The van der Waals surface area contributed by atoms with Crippen molar-refractivity contribution >= 4 is 37.5 Å². The molecular weight excluding hydrogens is 518 g/mol. The van der Waals surface area contributed by atoms with Crippen molar-refractivity contribution in [3.8, 4) is 5.69 Å². The van der Waals surface area contributed by atoms with Gasteiger partial charge < -0.3 is 4.90 Å². The van der Waals surface area contributed by atoms with Crippen LogP contribution in [0.4, 0.5) is 5.69 Å². The summed E-state index contributed by atoms with van der Waals surface area (Å²) >= 11 is 7.13. The molecule has 0 unspecified atom stereocenters. The molecule has 158 valence electrons. The van der Waals surface area contributed by atoms with Crippen molar-refractivity contribution in [1.29, 1.82) is 0 Å². The topological polar surface area (TPSA) is 30.2 Å². The van der Waals surface area contributed by atoms with Crippen molar-refractivity contribution in [2.45, 2.75) is 20.0 Å². The lowest BCUT2D eigenvalue weighted by atomic mass is 10.1.